The molecule has 1 heterocycles. The first-order valence-electron chi connectivity index (χ1n) is 14.4. The Hall–Kier alpha value is -3.70. The smallest absolute Gasteiger partial charge is 0.550 e. The number of benzene rings is 3. The number of unbranched alkanes of at least 4 members (excludes halogenated alkanes) is 3. The Labute approximate surface area is 281 Å². The molecule has 4 rings (SSSR count). The average Bonchev–Trinajstić information content (AvgIpc) is 3.35. The molecule has 0 unspecified atom stereocenters. The molecule has 0 saturated heterocycles. The predicted octanol–water partition coefficient (Wildman–Crippen LogP) is 4.11. The van der Waals surface area contributed by atoms with Gasteiger partial charge in [0.1, 0.15) is 17.3 Å². The summed E-state index contributed by atoms with van der Waals surface area (Å²) in [6.45, 7) is 4.37. The van der Waals surface area contributed by atoms with Crippen LogP contribution in [0, 0.1) is 24.5 Å². The number of rotatable bonds is 13. The average molecular weight is 607 g/mol. The van der Waals surface area contributed by atoms with Crippen molar-refractivity contribution in [3.8, 4) is 35.1 Å². The van der Waals surface area contributed by atoms with E-state index in [1.54, 1.807) is 24.3 Å². The maximum atomic E-state index is 14.0. The van der Waals surface area contributed by atoms with Crippen LogP contribution in [0.3, 0.4) is 0 Å². The van der Waals surface area contributed by atoms with Crippen LogP contribution < -0.4 is 40.0 Å². The molecule has 1 N–H and O–H groups in total. The number of nitrogens with zero attached hydrogens (tertiary/aromatic N) is 1. The number of aromatic nitrogens is 1. The fraction of sp³-hybridized carbons (Fsp3) is 0.278. The number of amides is 1. The molecule has 0 radical (unpaired) electrons. The van der Waals surface area contributed by atoms with Crippen LogP contribution in [0.1, 0.15) is 73.7 Å². The van der Waals surface area contributed by atoms with E-state index in [1.807, 2.05) is 48.7 Å². The summed E-state index contributed by atoms with van der Waals surface area (Å²) < 4.78 is 30.0. The van der Waals surface area contributed by atoms with Gasteiger partial charge in [0.05, 0.1) is 0 Å². The van der Waals surface area contributed by atoms with Gasteiger partial charge in [0.2, 0.25) is 0 Å². The van der Waals surface area contributed by atoms with Crippen LogP contribution in [-0.2, 0) is 17.8 Å². The molecule has 0 aliphatic heterocycles. The zero-order chi connectivity index (χ0) is 31.4. The maximum absolute atomic E-state index is 14.0. The molecule has 0 fully saturated rings. The Morgan fingerprint density at radius 2 is 1.32 bits per heavy atom. The van der Waals surface area contributed by atoms with E-state index in [1.165, 1.54) is 24.3 Å². The zero-order valence-electron chi connectivity index (χ0n) is 25.6. The number of carbonyl (C=O) groups is 2. The van der Waals surface area contributed by atoms with Gasteiger partial charge in [0, 0.05) is 35.4 Å². The second-order valence-corrected chi connectivity index (χ2v) is 10.5. The van der Waals surface area contributed by atoms with Crippen molar-refractivity contribution in [2.24, 2.45) is 0 Å². The first-order chi connectivity index (χ1) is 20.8. The largest absolute Gasteiger partial charge is 1.00 e. The molecule has 0 aliphatic carbocycles. The van der Waals surface area contributed by atoms with Crippen molar-refractivity contribution in [3.05, 3.63) is 107 Å². The summed E-state index contributed by atoms with van der Waals surface area (Å²) in [5.41, 5.74) is 5.28. The van der Waals surface area contributed by atoms with E-state index in [4.69, 9.17) is 0 Å². The minimum Gasteiger partial charge on any atom is -0.550 e. The summed E-state index contributed by atoms with van der Waals surface area (Å²) in [6, 6.07) is 21.8. The van der Waals surface area contributed by atoms with Gasteiger partial charge in [-0.25, -0.2) is 8.78 Å². The van der Waals surface area contributed by atoms with Gasteiger partial charge in [-0.3, -0.25) is 4.79 Å². The second-order valence-electron chi connectivity index (χ2n) is 10.5. The summed E-state index contributed by atoms with van der Waals surface area (Å²) in [5, 5.41) is 13.9. The Bertz CT molecular complexity index is 1510. The molecule has 1 amide bonds. The molecule has 4 aromatic rings. The number of hydrogen-bond acceptors (Lipinski definition) is 3. The number of carboxylic acids is 1. The van der Waals surface area contributed by atoms with Crippen molar-refractivity contribution in [1.29, 1.82) is 0 Å². The van der Waals surface area contributed by atoms with Crippen molar-refractivity contribution in [1.82, 2.24) is 9.88 Å². The molecular weight excluding hydrogens is 569 g/mol. The quantitative estimate of drug-likeness (QED) is 0.142. The number of aliphatic carboxylic acids is 1. The Balaban J connectivity index is 0.00000220. The Morgan fingerprint density at radius 1 is 0.795 bits per heavy atom. The Kier molecular flexibility index (Phi) is 15.1. The van der Waals surface area contributed by atoms with Gasteiger partial charge in [0.15, 0.2) is 0 Å². The van der Waals surface area contributed by atoms with Gasteiger partial charge in [-0.05, 0) is 80.5 Å². The summed E-state index contributed by atoms with van der Waals surface area (Å²) in [7, 11) is 0. The standard InChI is InChI=1S/C34H36F2N2O3.C2H2.Na/c1-23(2)38-29(12-8-3-4-9-13-30(39)40)31(25-14-18-27(35)19-15-25)32(26-16-20-28(36)21-17-26)33(38)34(41)37-22-24-10-6-5-7-11-24;1-2;/h5-7,10-11,14-21,23H,3-4,8-9,12-13,22H2,1-2H3,(H,37,41)(H,39,40);1-2H;/q;;+1/p-1. The molecule has 44 heavy (non-hydrogen) atoms. The SMILES string of the molecule is C#C.CC(C)n1c(CCCCCCC(=O)[O-])c(-c2ccc(F)cc2)c(-c2ccc(F)cc2)c1C(=O)NCc1ccccc1.[Na+]. The van der Waals surface area contributed by atoms with E-state index in [2.05, 4.69) is 18.2 Å². The van der Waals surface area contributed by atoms with E-state index < -0.39 is 5.97 Å². The third-order valence-electron chi connectivity index (χ3n) is 7.14. The molecule has 8 heteroatoms. The third kappa shape index (κ3) is 9.65. The number of nitrogens with one attached hydrogen (secondary N) is 1. The van der Waals surface area contributed by atoms with Gasteiger partial charge in [-0.2, -0.15) is 0 Å². The fourth-order valence-electron chi connectivity index (χ4n) is 5.28. The second kappa shape index (κ2) is 18.2. The summed E-state index contributed by atoms with van der Waals surface area (Å²) >= 11 is 0. The molecule has 5 nitrogen and oxygen atoms in total. The predicted molar refractivity (Wildman–Crippen MR) is 165 cm³/mol. The van der Waals surface area contributed by atoms with Crippen LogP contribution >= 0.6 is 0 Å². The molecular formula is C36H37F2N2NaO3. The number of carboxylic acid groups (broad SMARTS) is 1. The van der Waals surface area contributed by atoms with E-state index >= 15 is 0 Å². The number of terminal acetylenes is 1. The molecule has 1 aromatic heterocycles. The summed E-state index contributed by atoms with van der Waals surface area (Å²) in [4.78, 5) is 24.8. The van der Waals surface area contributed by atoms with Crippen LogP contribution in [-0.4, -0.2) is 16.4 Å². The number of carbonyl (C=O) groups excluding carboxylic acids is 2. The minimum absolute atomic E-state index is 0. The molecule has 3 aromatic carbocycles. The van der Waals surface area contributed by atoms with Crippen LogP contribution in [0.4, 0.5) is 8.78 Å². The zero-order valence-corrected chi connectivity index (χ0v) is 27.6. The molecule has 0 atom stereocenters. The molecule has 224 valence electrons. The monoisotopic (exact) mass is 606 g/mol. The van der Waals surface area contributed by atoms with E-state index in [9.17, 15) is 23.5 Å². The first kappa shape index (κ1) is 36.5. The molecule has 0 saturated carbocycles. The maximum Gasteiger partial charge on any atom is 1.00 e. The summed E-state index contributed by atoms with van der Waals surface area (Å²) in [5.74, 6) is -2.05. The van der Waals surface area contributed by atoms with Gasteiger partial charge >= 0.3 is 29.6 Å². The number of halogens is 2. The van der Waals surface area contributed by atoms with Gasteiger partial charge in [-0.1, -0.05) is 67.4 Å². The Morgan fingerprint density at radius 3 is 1.84 bits per heavy atom. The fourth-order valence-corrected chi connectivity index (χ4v) is 5.28. The minimum atomic E-state index is -1.05. The van der Waals surface area contributed by atoms with E-state index in [-0.39, 0.29) is 59.6 Å². The van der Waals surface area contributed by atoms with Crippen LogP contribution in [0.15, 0.2) is 78.9 Å². The number of hydrogen-bond donors (Lipinski definition) is 1. The van der Waals surface area contributed by atoms with E-state index in [0.29, 0.717) is 36.2 Å². The van der Waals surface area contributed by atoms with Gasteiger partial charge < -0.3 is 19.8 Å². The first-order valence-corrected chi connectivity index (χ1v) is 14.4. The topological polar surface area (TPSA) is 74.2 Å². The molecule has 0 aliphatic rings. The van der Waals surface area contributed by atoms with Crippen molar-refractivity contribution in [3.63, 3.8) is 0 Å². The third-order valence-corrected chi connectivity index (χ3v) is 7.14. The van der Waals surface area contributed by atoms with E-state index in [0.717, 1.165) is 41.6 Å². The van der Waals surface area contributed by atoms with Gasteiger partial charge in [0.25, 0.3) is 5.91 Å². The molecule has 0 spiro atoms. The van der Waals surface area contributed by atoms with Crippen molar-refractivity contribution in [2.75, 3.05) is 0 Å². The molecule has 0 bridgehead atoms. The van der Waals surface area contributed by atoms with Crippen molar-refractivity contribution >= 4 is 11.9 Å². The van der Waals surface area contributed by atoms with Gasteiger partial charge in [-0.15, -0.1) is 12.8 Å². The van der Waals surface area contributed by atoms with Crippen molar-refractivity contribution in [2.45, 2.75) is 65.0 Å². The van der Waals surface area contributed by atoms with Crippen LogP contribution in [0.2, 0.25) is 0 Å². The van der Waals surface area contributed by atoms with Crippen LogP contribution in [0.5, 0.6) is 0 Å². The summed E-state index contributed by atoms with van der Waals surface area (Å²) in [6.07, 6.45) is 11.5. The van der Waals surface area contributed by atoms with Crippen LogP contribution in [0.25, 0.3) is 22.3 Å². The van der Waals surface area contributed by atoms with Crippen molar-refractivity contribution < 1.29 is 53.0 Å². The normalized spacial score (nSPS) is 10.4.